The molecule has 0 bridgehead atoms. The number of hydrogen-bond acceptors (Lipinski definition) is 3. The predicted octanol–water partition coefficient (Wildman–Crippen LogP) is 2.69. The number of carbonyl (C=O) groups excluding carboxylic acids is 2. The molecule has 0 unspecified atom stereocenters. The molecule has 0 aromatic heterocycles. The number of aryl methyl sites for hydroxylation is 1. The van der Waals surface area contributed by atoms with Gasteiger partial charge in [0, 0.05) is 45.3 Å². The van der Waals surface area contributed by atoms with Gasteiger partial charge in [-0.3, -0.25) is 14.5 Å². The Morgan fingerprint density at radius 3 is 2.30 bits per heavy atom. The standard InChI is InChI=1S/C22H27N3O2/c1-18-7-6-10-21(15-18)25(19(2)26)17-22(27)24-13-11-23(12-14-24)16-20-8-4-3-5-9-20/h3-10,15H,11-14,16-17H2,1-2H3. The molecule has 27 heavy (non-hydrogen) atoms. The van der Waals surface area contributed by atoms with E-state index in [1.165, 1.54) is 12.5 Å². The van der Waals surface area contributed by atoms with Crippen LogP contribution in [0.5, 0.6) is 0 Å². The summed E-state index contributed by atoms with van der Waals surface area (Å²) in [6, 6.07) is 18.1. The molecule has 0 N–H and O–H groups in total. The summed E-state index contributed by atoms with van der Waals surface area (Å²) in [6.45, 7) is 7.60. The molecule has 142 valence electrons. The van der Waals surface area contributed by atoms with E-state index in [-0.39, 0.29) is 18.4 Å². The highest BCUT2D eigenvalue weighted by atomic mass is 16.2. The van der Waals surface area contributed by atoms with Gasteiger partial charge in [-0.15, -0.1) is 0 Å². The second kappa shape index (κ2) is 8.82. The molecule has 1 heterocycles. The fourth-order valence-corrected chi connectivity index (χ4v) is 3.41. The van der Waals surface area contributed by atoms with E-state index >= 15 is 0 Å². The normalized spacial score (nSPS) is 14.8. The lowest BCUT2D eigenvalue weighted by atomic mass is 10.2. The van der Waals surface area contributed by atoms with Crippen molar-refractivity contribution in [1.29, 1.82) is 0 Å². The molecular weight excluding hydrogens is 338 g/mol. The zero-order chi connectivity index (χ0) is 19.2. The van der Waals surface area contributed by atoms with Crippen molar-refractivity contribution in [2.45, 2.75) is 20.4 Å². The first-order valence-corrected chi connectivity index (χ1v) is 9.42. The SMILES string of the molecule is CC(=O)N(CC(=O)N1CCN(Cc2ccccc2)CC1)c1cccc(C)c1. The second-order valence-electron chi connectivity index (χ2n) is 7.09. The van der Waals surface area contributed by atoms with Crippen LogP contribution in [-0.2, 0) is 16.1 Å². The van der Waals surface area contributed by atoms with Gasteiger partial charge in [0.25, 0.3) is 0 Å². The lowest BCUT2D eigenvalue weighted by molar-refractivity contribution is -0.132. The van der Waals surface area contributed by atoms with Crippen LogP contribution in [0.1, 0.15) is 18.1 Å². The maximum Gasteiger partial charge on any atom is 0.242 e. The fourth-order valence-electron chi connectivity index (χ4n) is 3.41. The van der Waals surface area contributed by atoms with E-state index in [4.69, 9.17) is 0 Å². The van der Waals surface area contributed by atoms with E-state index < -0.39 is 0 Å². The molecule has 3 rings (SSSR count). The zero-order valence-electron chi connectivity index (χ0n) is 16.1. The average Bonchev–Trinajstić information content (AvgIpc) is 2.67. The van der Waals surface area contributed by atoms with Crippen molar-refractivity contribution < 1.29 is 9.59 Å². The summed E-state index contributed by atoms with van der Waals surface area (Å²) in [5.41, 5.74) is 3.14. The van der Waals surface area contributed by atoms with Crippen LogP contribution >= 0.6 is 0 Å². The first-order chi connectivity index (χ1) is 13.0. The third kappa shape index (κ3) is 5.17. The van der Waals surface area contributed by atoms with E-state index in [2.05, 4.69) is 29.2 Å². The van der Waals surface area contributed by atoms with Gasteiger partial charge >= 0.3 is 0 Å². The van der Waals surface area contributed by atoms with Gasteiger partial charge in [0.1, 0.15) is 6.54 Å². The Bertz CT molecular complexity index is 783. The Balaban J connectivity index is 1.56. The Hall–Kier alpha value is -2.66. The fraction of sp³-hybridized carbons (Fsp3) is 0.364. The highest BCUT2D eigenvalue weighted by Crippen LogP contribution is 2.17. The van der Waals surface area contributed by atoms with Crippen LogP contribution in [0, 0.1) is 6.92 Å². The highest BCUT2D eigenvalue weighted by molar-refractivity contribution is 5.97. The minimum atomic E-state index is -0.114. The van der Waals surface area contributed by atoms with Crippen molar-refractivity contribution in [3.63, 3.8) is 0 Å². The molecule has 1 fully saturated rings. The summed E-state index contributed by atoms with van der Waals surface area (Å²) in [4.78, 5) is 30.6. The van der Waals surface area contributed by atoms with Crippen LogP contribution in [0.25, 0.3) is 0 Å². The number of hydrogen-bond donors (Lipinski definition) is 0. The number of piperazine rings is 1. The van der Waals surface area contributed by atoms with Crippen molar-refractivity contribution in [2.24, 2.45) is 0 Å². The second-order valence-corrected chi connectivity index (χ2v) is 7.09. The van der Waals surface area contributed by atoms with Gasteiger partial charge in [0.05, 0.1) is 0 Å². The predicted molar refractivity (Wildman–Crippen MR) is 108 cm³/mol. The van der Waals surface area contributed by atoms with E-state index in [1.54, 1.807) is 4.90 Å². The molecule has 1 saturated heterocycles. The molecule has 2 aromatic carbocycles. The lowest BCUT2D eigenvalue weighted by Gasteiger charge is -2.35. The van der Waals surface area contributed by atoms with E-state index in [9.17, 15) is 9.59 Å². The molecule has 2 amide bonds. The molecule has 0 saturated carbocycles. The molecule has 2 aromatic rings. The van der Waals surface area contributed by atoms with Crippen LogP contribution in [0.4, 0.5) is 5.69 Å². The lowest BCUT2D eigenvalue weighted by Crippen LogP contribution is -2.51. The summed E-state index contributed by atoms with van der Waals surface area (Å²) in [7, 11) is 0. The van der Waals surface area contributed by atoms with Gasteiger partial charge in [0.15, 0.2) is 0 Å². The summed E-state index contributed by atoms with van der Waals surface area (Å²) in [5, 5.41) is 0. The molecule has 5 nitrogen and oxygen atoms in total. The first-order valence-electron chi connectivity index (χ1n) is 9.42. The van der Waals surface area contributed by atoms with E-state index in [0.717, 1.165) is 30.9 Å². The number of carbonyl (C=O) groups is 2. The molecule has 0 spiro atoms. The zero-order valence-corrected chi connectivity index (χ0v) is 16.1. The van der Waals surface area contributed by atoms with Gasteiger partial charge in [-0.2, -0.15) is 0 Å². The van der Waals surface area contributed by atoms with Gasteiger partial charge in [-0.05, 0) is 30.2 Å². The van der Waals surface area contributed by atoms with E-state index in [0.29, 0.717) is 13.1 Å². The number of rotatable bonds is 5. The Kier molecular flexibility index (Phi) is 6.24. The topological polar surface area (TPSA) is 43.9 Å². The van der Waals surface area contributed by atoms with Crippen LogP contribution in [0.3, 0.4) is 0 Å². The van der Waals surface area contributed by atoms with Crippen LogP contribution < -0.4 is 4.90 Å². The molecular formula is C22H27N3O2. The molecule has 5 heteroatoms. The Labute approximate surface area is 161 Å². The van der Waals surface area contributed by atoms with Crippen molar-refractivity contribution >= 4 is 17.5 Å². The van der Waals surface area contributed by atoms with Gasteiger partial charge in [-0.25, -0.2) is 0 Å². The van der Waals surface area contributed by atoms with Gasteiger partial charge in [0.2, 0.25) is 11.8 Å². The van der Waals surface area contributed by atoms with Gasteiger partial charge in [-0.1, -0.05) is 42.5 Å². The summed E-state index contributed by atoms with van der Waals surface area (Å²) >= 11 is 0. The highest BCUT2D eigenvalue weighted by Gasteiger charge is 2.24. The molecule has 0 aliphatic carbocycles. The largest absolute Gasteiger partial charge is 0.339 e. The van der Waals surface area contributed by atoms with Crippen LogP contribution in [0.15, 0.2) is 54.6 Å². The number of anilines is 1. The maximum absolute atomic E-state index is 12.7. The molecule has 0 radical (unpaired) electrons. The Morgan fingerprint density at radius 2 is 1.67 bits per heavy atom. The summed E-state index contributed by atoms with van der Waals surface area (Å²) in [5.74, 6) is -0.109. The Morgan fingerprint density at radius 1 is 0.963 bits per heavy atom. The quantitative estimate of drug-likeness (QED) is 0.818. The summed E-state index contributed by atoms with van der Waals surface area (Å²) in [6.07, 6.45) is 0. The maximum atomic E-state index is 12.7. The van der Waals surface area contributed by atoms with Crippen molar-refractivity contribution in [2.75, 3.05) is 37.6 Å². The number of nitrogens with zero attached hydrogens (tertiary/aromatic N) is 3. The number of benzene rings is 2. The van der Waals surface area contributed by atoms with Crippen molar-refractivity contribution in [3.05, 3.63) is 65.7 Å². The molecule has 1 aliphatic heterocycles. The molecule has 1 aliphatic rings. The van der Waals surface area contributed by atoms with Crippen LogP contribution in [0.2, 0.25) is 0 Å². The minimum Gasteiger partial charge on any atom is -0.339 e. The monoisotopic (exact) mass is 365 g/mol. The molecule has 0 atom stereocenters. The first kappa shape index (κ1) is 19.1. The van der Waals surface area contributed by atoms with Crippen molar-refractivity contribution in [3.8, 4) is 0 Å². The van der Waals surface area contributed by atoms with Crippen LogP contribution in [-0.4, -0.2) is 54.3 Å². The minimum absolute atomic E-state index is 0.00562. The van der Waals surface area contributed by atoms with Crippen molar-refractivity contribution in [1.82, 2.24) is 9.80 Å². The third-order valence-electron chi connectivity index (χ3n) is 4.96. The number of amides is 2. The average molecular weight is 365 g/mol. The van der Waals surface area contributed by atoms with E-state index in [1.807, 2.05) is 42.2 Å². The van der Waals surface area contributed by atoms with Gasteiger partial charge < -0.3 is 9.80 Å². The third-order valence-corrected chi connectivity index (χ3v) is 4.96. The summed E-state index contributed by atoms with van der Waals surface area (Å²) < 4.78 is 0. The smallest absolute Gasteiger partial charge is 0.242 e.